The maximum absolute atomic E-state index is 10.8. The molecule has 3 aromatic rings. The van der Waals surface area contributed by atoms with E-state index in [4.69, 9.17) is 13.9 Å². The van der Waals surface area contributed by atoms with Crippen LogP contribution in [0.3, 0.4) is 0 Å². The lowest BCUT2D eigenvalue weighted by molar-refractivity contribution is -0.384. The summed E-state index contributed by atoms with van der Waals surface area (Å²) in [5.74, 6) is 2.54. The Morgan fingerprint density at radius 2 is 1.49 bits per heavy atom. The zero-order chi connectivity index (χ0) is 24.0. The Labute approximate surface area is 200 Å². The quantitative estimate of drug-likeness (QED) is 0.302. The highest BCUT2D eigenvalue weighted by Crippen LogP contribution is 2.24. The van der Waals surface area contributed by atoms with Crippen LogP contribution in [0.4, 0.5) is 23.5 Å². The third kappa shape index (κ3) is 5.53. The summed E-state index contributed by atoms with van der Waals surface area (Å²) >= 11 is 0. The number of furan rings is 1. The number of morpholine rings is 2. The molecule has 2 fully saturated rings. The number of nitrogens with zero attached hydrogens (tertiary/aromatic N) is 7. The van der Waals surface area contributed by atoms with Crippen molar-refractivity contribution in [1.29, 1.82) is 0 Å². The van der Waals surface area contributed by atoms with E-state index in [1.165, 1.54) is 18.3 Å². The van der Waals surface area contributed by atoms with Gasteiger partial charge in [0, 0.05) is 43.9 Å². The second-order valence-corrected chi connectivity index (χ2v) is 7.83. The van der Waals surface area contributed by atoms with Gasteiger partial charge in [-0.2, -0.15) is 20.1 Å². The number of nitro groups is 1. The van der Waals surface area contributed by atoms with Gasteiger partial charge in [0.25, 0.3) is 5.69 Å². The van der Waals surface area contributed by atoms with E-state index >= 15 is 0 Å². The molecule has 5 rings (SSSR count). The van der Waals surface area contributed by atoms with Crippen molar-refractivity contribution in [2.75, 3.05) is 67.8 Å². The Bertz CT molecular complexity index is 1150. The maximum atomic E-state index is 10.8. The number of non-ortho nitro benzene ring substituents is 1. The molecule has 13 nitrogen and oxygen atoms in total. The number of hydrogen-bond donors (Lipinski definition) is 1. The number of aromatic nitrogens is 3. The Hall–Kier alpha value is -4.10. The first-order chi connectivity index (χ1) is 17.2. The highest BCUT2D eigenvalue weighted by atomic mass is 16.6. The Balaban J connectivity index is 1.31. The summed E-state index contributed by atoms with van der Waals surface area (Å²) < 4.78 is 16.7. The summed E-state index contributed by atoms with van der Waals surface area (Å²) in [6.45, 7) is 5.29. The van der Waals surface area contributed by atoms with Crippen molar-refractivity contribution in [3.05, 3.63) is 52.3 Å². The maximum Gasteiger partial charge on any atom is 0.269 e. The van der Waals surface area contributed by atoms with Gasteiger partial charge in [-0.1, -0.05) is 0 Å². The minimum atomic E-state index is -0.439. The van der Waals surface area contributed by atoms with Gasteiger partial charge in [0.1, 0.15) is 11.5 Å². The SMILES string of the molecule is O=[N+]([O-])c1ccc(-c2ccc(/C=N\Nc3nc(N4CCOCC4)nc(N4CCOCC4)n3)o2)cc1. The molecule has 4 heterocycles. The molecule has 182 valence electrons. The topological polar surface area (TPSA) is 144 Å². The predicted octanol–water partition coefficient (Wildman–Crippen LogP) is 2.16. The molecule has 0 unspecified atom stereocenters. The number of anilines is 3. The van der Waals surface area contributed by atoms with Crippen LogP contribution in [0.5, 0.6) is 0 Å². The Morgan fingerprint density at radius 1 is 0.886 bits per heavy atom. The number of benzene rings is 1. The van der Waals surface area contributed by atoms with Gasteiger partial charge in [0.15, 0.2) is 0 Å². The zero-order valence-electron chi connectivity index (χ0n) is 18.9. The van der Waals surface area contributed by atoms with Crippen molar-refractivity contribution >= 4 is 29.7 Å². The van der Waals surface area contributed by atoms with Gasteiger partial charge in [-0.05, 0) is 24.3 Å². The molecular formula is C22H24N8O5. The van der Waals surface area contributed by atoms with Crippen LogP contribution in [0.2, 0.25) is 0 Å². The van der Waals surface area contributed by atoms with Gasteiger partial charge in [-0.25, -0.2) is 5.43 Å². The molecule has 0 bridgehead atoms. The number of nitro benzene ring substituents is 1. The standard InChI is InChI=1S/C22H24N8O5/c31-30(32)17-3-1-16(2-4-17)19-6-5-18(35-19)15-23-27-20-24-21(28-7-11-33-12-8-28)26-22(25-20)29-9-13-34-14-10-29/h1-6,15H,7-14H2,(H,24,25,26,27)/b23-15-. The second kappa shape index (κ2) is 10.4. The molecule has 1 N–H and O–H groups in total. The zero-order valence-corrected chi connectivity index (χ0v) is 18.9. The molecule has 2 saturated heterocycles. The first-order valence-corrected chi connectivity index (χ1v) is 11.2. The summed E-state index contributed by atoms with van der Waals surface area (Å²) in [6, 6.07) is 9.69. The summed E-state index contributed by atoms with van der Waals surface area (Å²) in [4.78, 5) is 28.3. The largest absolute Gasteiger partial charge is 0.455 e. The monoisotopic (exact) mass is 480 g/mol. The number of ether oxygens (including phenoxy) is 2. The molecule has 0 atom stereocenters. The van der Waals surface area contributed by atoms with Crippen LogP contribution in [0.25, 0.3) is 11.3 Å². The average molecular weight is 480 g/mol. The third-order valence-corrected chi connectivity index (χ3v) is 5.55. The van der Waals surface area contributed by atoms with Crippen molar-refractivity contribution in [2.45, 2.75) is 0 Å². The van der Waals surface area contributed by atoms with Crippen LogP contribution in [-0.4, -0.2) is 78.7 Å². The number of hydrogen-bond acceptors (Lipinski definition) is 12. The van der Waals surface area contributed by atoms with Gasteiger partial charge in [0.2, 0.25) is 17.8 Å². The van der Waals surface area contributed by atoms with E-state index < -0.39 is 4.92 Å². The third-order valence-electron chi connectivity index (χ3n) is 5.55. The summed E-state index contributed by atoms with van der Waals surface area (Å²) in [5.41, 5.74) is 3.63. The van der Waals surface area contributed by atoms with Crippen LogP contribution in [-0.2, 0) is 9.47 Å². The smallest absolute Gasteiger partial charge is 0.269 e. The highest BCUT2D eigenvalue weighted by molar-refractivity contribution is 5.78. The molecular weight excluding hydrogens is 456 g/mol. The molecule has 35 heavy (non-hydrogen) atoms. The molecule has 0 aliphatic carbocycles. The van der Waals surface area contributed by atoms with Crippen molar-refractivity contribution in [3.63, 3.8) is 0 Å². The van der Waals surface area contributed by atoms with Gasteiger partial charge in [-0.3, -0.25) is 10.1 Å². The second-order valence-electron chi connectivity index (χ2n) is 7.83. The lowest BCUT2D eigenvalue weighted by Crippen LogP contribution is -2.40. The predicted molar refractivity (Wildman–Crippen MR) is 128 cm³/mol. The normalized spacial score (nSPS) is 16.6. The van der Waals surface area contributed by atoms with Crippen LogP contribution in [0, 0.1) is 10.1 Å². The van der Waals surface area contributed by atoms with Crippen molar-refractivity contribution < 1.29 is 18.8 Å². The molecule has 0 spiro atoms. The average Bonchev–Trinajstić information content (AvgIpc) is 3.38. The van der Waals surface area contributed by atoms with Crippen molar-refractivity contribution in [2.24, 2.45) is 5.10 Å². The molecule has 2 aromatic heterocycles. The number of rotatable bonds is 7. The van der Waals surface area contributed by atoms with E-state index in [0.29, 0.717) is 82.0 Å². The van der Waals surface area contributed by atoms with Crippen molar-refractivity contribution in [3.8, 4) is 11.3 Å². The fourth-order valence-electron chi connectivity index (χ4n) is 3.69. The molecule has 0 saturated carbocycles. The molecule has 2 aliphatic heterocycles. The van der Waals surface area contributed by atoms with Crippen LogP contribution < -0.4 is 15.2 Å². The lowest BCUT2D eigenvalue weighted by Gasteiger charge is -2.30. The first kappa shape index (κ1) is 22.7. The summed E-state index contributed by atoms with van der Waals surface area (Å²) in [5, 5.41) is 15.1. The Kier molecular flexibility index (Phi) is 6.77. The van der Waals surface area contributed by atoms with E-state index in [1.807, 2.05) is 0 Å². The van der Waals surface area contributed by atoms with Crippen LogP contribution in [0.1, 0.15) is 5.76 Å². The van der Waals surface area contributed by atoms with E-state index in [-0.39, 0.29) is 5.69 Å². The lowest BCUT2D eigenvalue weighted by atomic mass is 10.1. The summed E-state index contributed by atoms with van der Waals surface area (Å²) in [6.07, 6.45) is 1.52. The van der Waals surface area contributed by atoms with Gasteiger partial charge >= 0.3 is 0 Å². The fourth-order valence-corrected chi connectivity index (χ4v) is 3.69. The van der Waals surface area contributed by atoms with Gasteiger partial charge < -0.3 is 23.7 Å². The number of nitrogens with one attached hydrogen (secondary N) is 1. The molecule has 1 aromatic carbocycles. The van der Waals surface area contributed by atoms with Gasteiger partial charge in [0.05, 0.1) is 37.6 Å². The van der Waals surface area contributed by atoms with Gasteiger partial charge in [-0.15, -0.1) is 0 Å². The van der Waals surface area contributed by atoms with Crippen LogP contribution in [0.15, 0.2) is 45.9 Å². The summed E-state index contributed by atoms with van der Waals surface area (Å²) in [7, 11) is 0. The molecule has 0 amide bonds. The van der Waals surface area contributed by atoms with Crippen LogP contribution >= 0.6 is 0 Å². The minimum Gasteiger partial charge on any atom is -0.455 e. The molecule has 0 radical (unpaired) electrons. The molecule has 2 aliphatic rings. The Morgan fingerprint density at radius 3 is 2.06 bits per heavy atom. The highest BCUT2D eigenvalue weighted by Gasteiger charge is 2.20. The van der Waals surface area contributed by atoms with E-state index in [9.17, 15) is 10.1 Å². The van der Waals surface area contributed by atoms with E-state index in [1.54, 1.807) is 24.3 Å². The van der Waals surface area contributed by atoms with Crippen molar-refractivity contribution in [1.82, 2.24) is 15.0 Å². The molecule has 13 heteroatoms. The first-order valence-electron chi connectivity index (χ1n) is 11.2. The number of hydrazone groups is 1. The minimum absolute atomic E-state index is 0.0246. The fraction of sp³-hybridized carbons (Fsp3) is 0.364. The van der Waals surface area contributed by atoms with E-state index in [2.05, 4.69) is 35.3 Å². The van der Waals surface area contributed by atoms with E-state index in [0.717, 1.165) is 5.56 Å².